The van der Waals surface area contributed by atoms with Gasteiger partial charge in [-0.2, -0.15) is 0 Å². The van der Waals surface area contributed by atoms with Crippen molar-refractivity contribution in [2.45, 2.75) is 38.3 Å². The van der Waals surface area contributed by atoms with Gasteiger partial charge in [-0.3, -0.25) is 14.7 Å². The predicted octanol–water partition coefficient (Wildman–Crippen LogP) is 2.36. The number of nitrogens with one attached hydrogen (secondary N) is 1. The maximum absolute atomic E-state index is 12.3. The monoisotopic (exact) mass is 360 g/mol. The number of hydrogen-bond donors (Lipinski definition) is 1. The van der Waals surface area contributed by atoms with Crippen LogP contribution in [0.2, 0.25) is 0 Å². The highest BCUT2D eigenvalue weighted by Gasteiger charge is 2.29. The van der Waals surface area contributed by atoms with Gasteiger partial charge in [0.25, 0.3) is 5.56 Å². The molecule has 0 radical (unpaired) electrons. The minimum Gasteiger partial charge on any atom is -0.310 e. The summed E-state index contributed by atoms with van der Waals surface area (Å²) in [6.45, 7) is 2.34. The fraction of sp³-hybridized carbons (Fsp3) is 0.438. The third-order valence-corrected chi connectivity index (χ3v) is 4.77. The van der Waals surface area contributed by atoms with Crippen LogP contribution in [0.4, 0.5) is 0 Å². The zero-order valence-corrected chi connectivity index (χ0v) is 13.8. The van der Waals surface area contributed by atoms with Crippen molar-refractivity contribution in [1.29, 1.82) is 0 Å². The molecule has 3 heterocycles. The highest BCUT2D eigenvalue weighted by molar-refractivity contribution is 9.10. The Balaban J connectivity index is 1.53. The van der Waals surface area contributed by atoms with Crippen LogP contribution in [-0.2, 0) is 19.5 Å². The quantitative estimate of drug-likeness (QED) is 0.912. The molecule has 1 aliphatic carbocycles. The lowest BCUT2D eigenvalue weighted by Gasteiger charge is -2.27. The lowest BCUT2D eigenvalue weighted by Crippen LogP contribution is -2.35. The minimum absolute atomic E-state index is 0.0420. The summed E-state index contributed by atoms with van der Waals surface area (Å²) in [5.74, 6) is 1.38. The summed E-state index contributed by atoms with van der Waals surface area (Å²) in [5.41, 5.74) is 2.88. The Morgan fingerprint density at radius 1 is 1.36 bits per heavy atom. The van der Waals surface area contributed by atoms with Crippen LogP contribution in [0.25, 0.3) is 0 Å². The van der Waals surface area contributed by atoms with E-state index in [9.17, 15) is 4.79 Å². The molecule has 1 N–H and O–H groups in total. The molecule has 4 rings (SSSR count). The molecule has 2 aromatic rings. The van der Waals surface area contributed by atoms with Gasteiger partial charge in [0.1, 0.15) is 5.82 Å². The number of halogens is 1. The molecule has 0 bridgehead atoms. The zero-order valence-electron chi connectivity index (χ0n) is 12.2. The molecular formula is C16H17BrN4O. The van der Waals surface area contributed by atoms with Crippen molar-refractivity contribution >= 4 is 15.9 Å². The number of aromatic amines is 1. The largest absolute Gasteiger partial charge is 0.310 e. The van der Waals surface area contributed by atoms with E-state index in [0.717, 1.165) is 59.6 Å². The first-order chi connectivity index (χ1) is 10.7. The van der Waals surface area contributed by atoms with Crippen molar-refractivity contribution < 1.29 is 0 Å². The molecule has 1 fully saturated rings. The number of fused-ring (bicyclic) bond motifs is 1. The summed E-state index contributed by atoms with van der Waals surface area (Å²) in [7, 11) is 0. The van der Waals surface area contributed by atoms with Crippen LogP contribution in [0.1, 0.15) is 41.5 Å². The summed E-state index contributed by atoms with van der Waals surface area (Å²) in [4.78, 5) is 26.6. The van der Waals surface area contributed by atoms with E-state index in [1.165, 1.54) is 0 Å². The van der Waals surface area contributed by atoms with Gasteiger partial charge in [-0.25, -0.2) is 4.98 Å². The Morgan fingerprint density at radius 3 is 2.95 bits per heavy atom. The molecule has 114 valence electrons. The van der Waals surface area contributed by atoms with Gasteiger partial charge >= 0.3 is 0 Å². The lowest BCUT2D eigenvalue weighted by atomic mass is 10.1. The van der Waals surface area contributed by atoms with Crippen LogP contribution in [-0.4, -0.2) is 26.4 Å². The molecule has 0 spiro atoms. The van der Waals surface area contributed by atoms with Crippen molar-refractivity contribution in [3.8, 4) is 0 Å². The normalized spacial score (nSPS) is 18.2. The summed E-state index contributed by atoms with van der Waals surface area (Å²) in [5, 5.41) is 0. The van der Waals surface area contributed by atoms with Crippen molar-refractivity contribution in [1.82, 2.24) is 19.9 Å². The van der Waals surface area contributed by atoms with Crippen LogP contribution in [0.5, 0.6) is 0 Å². The van der Waals surface area contributed by atoms with E-state index in [4.69, 9.17) is 0 Å². The van der Waals surface area contributed by atoms with Crippen LogP contribution in [0.15, 0.2) is 27.6 Å². The van der Waals surface area contributed by atoms with Crippen LogP contribution in [0, 0.1) is 0 Å². The SMILES string of the molecule is O=c1[nH]c(C2CC2)nc2c1CN(Cc1ccc(Br)cn1)CC2. The van der Waals surface area contributed by atoms with Crippen molar-refractivity contribution in [3.63, 3.8) is 0 Å². The molecule has 0 aromatic carbocycles. The second-order valence-electron chi connectivity index (χ2n) is 6.08. The number of H-pyrrole nitrogens is 1. The van der Waals surface area contributed by atoms with Crippen molar-refractivity contribution in [2.75, 3.05) is 6.54 Å². The molecule has 0 atom stereocenters. The standard InChI is InChI=1S/C16H17BrN4O/c17-11-3-4-12(18-7-11)8-21-6-5-14-13(9-21)16(22)20-15(19-14)10-1-2-10/h3-4,7,10H,1-2,5-6,8-9H2,(H,19,20,22). The molecule has 5 nitrogen and oxygen atoms in total. The predicted molar refractivity (Wildman–Crippen MR) is 86.6 cm³/mol. The van der Waals surface area contributed by atoms with E-state index in [0.29, 0.717) is 12.5 Å². The number of pyridine rings is 1. The van der Waals surface area contributed by atoms with Gasteiger partial charge in [-0.15, -0.1) is 0 Å². The van der Waals surface area contributed by atoms with E-state index in [2.05, 4.69) is 35.8 Å². The third kappa shape index (κ3) is 2.85. The Kier molecular flexibility index (Phi) is 3.58. The summed E-state index contributed by atoms with van der Waals surface area (Å²) in [6, 6.07) is 4.01. The molecule has 6 heteroatoms. The van der Waals surface area contributed by atoms with Crippen LogP contribution >= 0.6 is 15.9 Å². The van der Waals surface area contributed by atoms with Crippen molar-refractivity contribution in [3.05, 3.63) is 55.9 Å². The number of rotatable bonds is 3. The number of aromatic nitrogens is 3. The highest BCUT2D eigenvalue weighted by Crippen LogP contribution is 2.37. The molecule has 2 aromatic heterocycles. The lowest BCUT2D eigenvalue weighted by molar-refractivity contribution is 0.238. The van der Waals surface area contributed by atoms with E-state index in [1.807, 2.05) is 18.3 Å². The molecule has 1 aliphatic heterocycles. The zero-order chi connectivity index (χ0) is 15.1. The Bertz CT molecular complexity index is 752. The second-order valence-corrected chi connectivity index (χ2v) is 6.99. The second kappa shape index (κ2) is 5.59. The Hall–Kier alpha value is -1.53. The highest BCUT2D eigenvalue weighted by atomic mass is 79.9. The molecule has 0 amide bonds. The minimum atomic E-state index is 0.0420. The van der Waals surface area contributed by atoms with Crippen LogP contribution in [0.3, 0.4) is 0 Å². The Morgan fingerprint density at radius 2 is 2.23 bits per heavy atom. The molecule has 1 saturated carbocycles. The van der Waals surface area contributed by atoms with Gasteiger partial charge in [-0.1, -0.05) is 0 Å². The molecular weight excluding hydrogens is 344 g/mol. The van der Waals surface area contributed by atoms with E-state index in [-0.39, 0.29) is 5.56 Å². The van der Waals surface area contributed by atoms with E-state index < -0.39 is 0 Å². The first-order valence-corrected chi connectivity index (χ1v) is 8.43. The fourth-order valence-electron chi connectivity index (χ4n) is 2.91. The molecule has 22 heavy (non-hydrogen) atoms. The van der Waals surface area contributed by atoms with E-state index >= 15 is 0 Å². The first kappa shape index (κ1) is 14.1. The first-order valence-electron chi connectivity index (χ1n) is 7.64. The number of hydrogen-bond acceptors (Lipinski definition) is 4. The molecule has 0 unspecified atom stereocenters. The van der Waals surface area contributed by atoms with Gasteiger partial charge in [-0.05, 0) is 40.9 Å². The molecule has 0 saturated heterocycles. The Labute approximate surface area is 136 Å². The van der Waals surface area contributed by atoms with E-state index in [1.54, 1.807) is 0 Å². The topological polar surface area (TPSA) is 61.9 Å². The van der Waals surface area contributed by atoms with Gasteiger partial charge < -0.3 is 4.98 Å². The van der Waals surface area contributed by atoms with Gasteiger partial charge in [0.05, 0.1) is 17.0 Å². The maximum atomic E-state index is 12.3. The maximum Gasteiger partial charge on any atom is 0.255 e. The van der Waals surface area contributed by atoms with Gasteiger partial charge in [0, 0.05) is 42.6 Å². The average molecular weight is 361 g/mol. The summed E-state index contributed by atoms with van der Waals surface area (Å²) >= 11 is 3.40. The van der Waals surface area contributed by atoms with Gasteiger partial charge in [0.2, 0.25) is 0 Å². The summed E-state index contributed by atoms with van der Waals surface area (Å²) < 4.78 is 0.980. The number of nitrogens with zero attached hydrogens (tertiary/aromatic N) is 3. The summed E-state index contributed by atoms with van der Waals surface area (Å²) in [6.07, 6.45) is 4.96. The van der Waals surface area contributed by atoms with Gasteiger partial charge in [0.15, 0.2) is 0 Å². The average Bonchev–Trinajstić information content (AvgIpc) is 3.35. The van der Waals surface area contributed by atoms with Crippen molar-refractivity contribution in [2.24, 2.45) is 0 Å². The fourth-order valence-corrected chi connectivity index (χ4v) is 3.15. The third-order valence-electron chi connectivity index (χ3n) is 4.30. The smallest absolute Gasteiger partial charge is 0.255 e. The molecule has 2 aliphatic rings. The van der Waals surface area contributed by atoms with Crippen LogP contribution < -0.4 is 5.56 Å².